The van der Waals surface area contributed by atoms with Gasteiger partial charge in [0.25, 0.3) is 10.0 Å². The molecule has 7 heteroatoms. The fraction of sp³-hybridized carbons (Fsp3) is 0.529. The number of amides is 1. The van der Waals surface area contributed by atoms with E-state index in [1.54, 1.807) is 24.3 Å². The summed E-state index contributed by atoms with van der Waals surface area (Å²) < 4.78 is 26.4. The lowest BCUT2D eigenvalue weighted by atomic mass is 10.1. The first kappa shape index (κ1) is 18.4. The van der Waals surface area contributed by atoms with Crippen molar-refractivity contribution in [1.29, 1.82) is 0 Å². The van der Waals surface area contributed by atoms with Gasteiger partial charge in [0.1, 0.15) is 5.84 Å². The Bertz CT molecular complexity index is 710. The van der Waals surface area contributed by atoms with Crippen LogP contribution in [-0.2, 0) is 14.8 Å². The van der Waals surface area contributed by atoms with E-state index >= 15 is 0 Å². The van der Waals surface area contributed by atoms with Crippen molar-refractivity contribution in [1.82, 2.24) is 9.62 Å². The van der Waals surface area contributed by atoms with Crippen LogP contribution in [0.4, 0.5) is 0 Å². The van der Waals surface area contributed by atoms with Crippen LogP contribution in [0, 0.1) is 0 Å². The summed E-state index contributed by atoms with van der Waals surface area (Å²) in [7, 11) is -3.46. The molecule has 1 aromatic rings. The van der Waals surface area contributed by atoms with Crippen LogP contribution in [0.5, 0.6) is 0 Å². The number of benzene rings is 1. The molecule has 0 saturated heterocycles. The van der Waals surface area contributed by atoms with Gasteiger partial charge in [-0.3, -0.25) is 14.5 Å². The number of unbranched alkanes of at least 4 members (excludes halogenated alkanes) is 2. The molecule has 1 amide bonds. The van der Waals surface area contributed by atoms with Gasteiger partial charge in [-0.15, -0.1) is 0 Å². The normalized spacial score (nSPS) is 16.7. The number of aliphatic imine (C=N–C) groups is 1. The minimum absolute atomic E-state index is 0.198. The number of nitrogens with one attached hydrogen (secondary N) is 1. The molecule has 0 saturated carbocycles. The highest BCUT2D eigenvalue weighted by Crippen LogP contribution is 2.22. The van der Waals surface area contributed by atoms with Gasteiger partial charge in [0.15, 0.2) is 0 Å². The van der Waals surface area contributed by atoms with Crippen molar-refractivity contribution in [2.24, 2.45) is 4.99 Å². The Morgan fingerprint density at radius 2 is 1.83 bits per heavy atom. The van der Waals surface area contributed by atoms with Crippen LogP contribution >= 0.6 is 0 Å². The van der Waals surface area contributed by atoms with Gasteiger partial charge >= 0.3 is 0 Å². The van der Waals surface area contributed by atoms with Crippen LogP contribution in [0.1, 0.15) is 45.1 Å². The molecule has 0 atom stereocenters. The molecule has 0 unspecified atom stereocenters. The minimum Gasteiger partial charge on any atom is -0.343 e. The number of carbonyl (C=O) groups is 1. The van der Waals surface area contributed by atoms with Gasteiger partial charge in [0.2, 0.25) is 5.91 Å². The van der Waals surface area contributed by atoms with Gasteiger partial charge in [-0.1, -0.05) is 18.6 Å². The lowest BCUT2D eigenvalue weighted by Crippen LogP contribution is -2.30. The molecule has 1 aliphatic heterocycles. The molecule has 132 valence electrons. The average Bonchev–Trinajstić information content (AvgIpc) is 2.83. The topological polar surface area (TPSA) is 78.8 Å². The molecule has 0 radical (unpaired) electrons. The summed E-state index contributed by atoms with van der Waals surface area (Å²) in [6, 6.07) is 6.84. The van der Waals surface area contributed by atoms with Crippen molar-refractivity contribution in [2.75, 3.05) is 19.6 Å². The van der Waals surface area contributed by atoms with E-state index in [-0.39, 0.29) is 10.8 Å². The van der Waals surface area contributed by atoms with Gasteiger partial charge in [0, 0.05) is 31.6 Å². The summed E-state index contributed by atoms with van der Waals surface area (Å²) in [6.45, 7) is 6.02. The van der Waals surface area contributed by atoms with Crippen LogP contribution in [0.3, 0.4) is 0 Å². The highest BCUT2D eigenvalue weighted by atomic mass is 32.2. The van der Waals surface area contributed by atoms with E-state index in [4.69, 9.17) is 0 Å². The van der Waals surface area contributed by atoms with E-state index < -0.39 is 10.0 Å². The molecule has 0 bridgehead atoms. The molecule has 0 fully saturated rings. The van der Waals surface area contributed by atoms with Crippen LogP contribution in [-0.4, -0.2) is 44.7 Å². The maximum Gasteiger partial charge on any atom is 0.263 e. The van der Waals surface area contributed by atoms with Gasteiger partial charge in [-0.05, 0) is 38.8 Å². The molecule has 1 aliphatic rings. The molecule has 0 aromatic heterocycles. The monoisotopic (exact) mass is 351 g/mol. The maximum atomic E-state index is 12.0. The second kappa shape index (κ2) is 8.28. The molecule has 24 heavy (non-hydrogen) atoms. The summed E-state index contributed by atoms with van der Waals surface area (Å²) >= 11 is 0. The summed E-state index contributed by atoms with van der Waals surface area (Å²) in [4.78, 5) is 18.4. The first-order valence-electron chi connectivity index (χ1n) is 8.44. The molecule has 0 spiro atoms. The number of hydrogen-bond acceptors (Lipinski definition) is 4. The Hall–Kier alpha value is -1.89. The lowest BCUT2D eigenvalue weighted by molar-refractivity contribution is -0.130. The van der Waals surface area contributed by atoms with Crippen molar-refractivity contribution in [3.8, 4) is 0 Å². The van der Waals surface area contributed by atoms with E-state index in [0.717, 1.165) is 32.4 Å². The fourth-order valence-corrected chi connectivity index (χ4v) is 3.99. The van der Waals surface area contributed by atoms with E-state index in [0.29, 0.717) is 24.4 Å². The number of sulfonamides is 1. The SMILES string of the molecule is CCN(CC)C(=O)CCCCCN=C1NS(=O)(=O)c2ccccc21. The van der Waals surface area contributed by atoms with Crippen LogP contribution in [0.25, 0.3) is 0 Å². The Morgan fingerprint density at radius 3 is 2.54 bits per heavy atom. The molecule has 1 aromatic carbocycles. The first-order chi connectivity index (χ1) is 11.5. The maximum absolute atomic E-state index is 12.0. The summed E-state index contributed by atoms with van der Waals surface area (Å²) in [5.41, 5.74) is 0.634. The third kappa shape index (κ3) is 4.35. The number of amidine groups is 1. The number of hydrogen-bond donors (Lipinski definition) is 1. The quantitative estimate of drug-likeness (QED) is 0.729. The Labute approximate surface area is 144 Å². The Kier molecular flexibility index (Phi) is 6.36. The molecule has 6 nitrogen and oxygen atoms in total. The van der Waals surface area contributed by atoms with E-state index in [9.17, 15) is 13.2 Å². The highest BCUT2D eigenvalue weighted by Gasteiger charge is 2.29. The molecule has 2 rings (SSSR count). The van der Waals surface area contributed by atoms with Crippen LogP contribution < -0.4 is 4.72 Å². The third-order valence-corrected chi connectivity index (χ3v) is 5.49. The number of rotatable bonds is 8. The van der Waals surface area contributed by atoms with Gasteiger partial charge in [-0.2, -0.15) is 0 Å². The molecular weight excluding hydrogens is 326 g/mol. The largest absolute Gasteiger partial charge is 0.343 e. The van der Waals surface area contributed by atoms with Gasteiger partial charge in [-0.25, -0.2) is 8.42 Å². The highest BCUT2D eigenvalue weighted by molar-refractivity contribution is 7.90. The van der Waals surface area contributed by atoms with Crippen LogP contribution in [0.15, 0.2) is 34.2 Å². The standard InChI is InChI=1S/C17H25N3O3S/c1-3-20(4-2)16(21)12-6-5-9-13-18-17-14-10-7-8-11-15(14)24(22,23)19-17/h7-8,10-11H,3-6,9,12-13H2,1-2H3,(H,18,19). The van der Waals surface area contributed by atoms with Crippen molar-refractivity contribution in [3.05, 3.63) is 29.8 Å². The summed E-state index contributed by atoms with van der Waals surface area (Å²) in [5.74, 6) is 0.619. The molecule has 1 heterocycles. The predicted octanol–water partition coefficient (Wildman–Crippen LogP) is 2.15. The smallest absolute Gasteiger partial charge is 0.263 e. The summed E-state index contributed by atoms with van der Waals surface area (Å²) in [5, 5.41) is 0. The Morgan fingerprint density at radius 1 is 1.12 bits per heavy atom. The zero-order chi connectivity index (χ0) is 17.6. The lowest BCUT2D eigenvalue weighted by Gasteiger charge is -2.18. The van der Waals surface area contributed by atoms with Gasteiger partial charge < -0.3 is 4.90 Å². The van der Waals surface area contributed by atoms with E-state index in [2.05, 4.69) is 9.71 Å². The molecular formula is C17H25N3O3S. The molecule has 0 aliphatic carbocycles. The number of fused-ring (bicyclic) bond motifs is 1. The minimum atomic E-state index is -3.46. The number of nitrogens with zero attached hydrogens (tertiary/aromatic N) is 2. The zero-order valence-corrected chi connectivity index (χ0v) is 15.1. The van der Waals surface area contributed by atoms with Crippen molar-refractivity contribution >= 4 is 21.8 Å². The van der Waals surface area contributed by atoms with Crippen LogP contribution in [0.2, 0.25) is 0 Å². The molecule has 1 N–H and O–H groups in total. The second-order valence-electron chi connectivity index (χ2n) is 5.71. The predicted molar refractivity (Wildman–Crippen MR) is 94.6 cm³/mol. The van der Waals surface area contributed by atoms with Crippen molar-refractivity contribution in [2.45, 2.75) is 44.4 Å². The summed E-state index contributed by atoms with van der Waals surface area (Å²) in [6.07, 6.45) is 3.13. The van der Waals surface area contributed by atoms with E-state index in [1.807, 2.05) is 18.7 Å². The Balaban J connectivity index is 1.79. The second-order valence-corrected chi connectivity index (χ2v) is 7.36. The van der Waals surface area contributed by atoms with Crippen molar-refractivity contribution in [3.63, 3.8) is 0 Å². The third-order valence-electron chi connectivity index (χ3n) is 4.10. The van der Waals surface area contributed by atoms with E-state index in [1.165, 1.54) is 0 Å². The average molecular weight is 351 g/mol. The zero-order valence-electron chi connectivity index (χ0n) is 14.3. The van der Waals surface area contributed by atoms with Gasteiger partial charge in [0.05, 0.1) is 4.90 Å². The first-order valence-corrected chi connectivity index (χ1v) is 9.92. The number of carbonyl (C=O) groups excluding carboxylic acids is 1. The van der Waals surface area contributed by atoms with Crippen molar-refractivity contribution < 1.29 is 13.2 Å². The fourth-order valence-electron chi connectivity index (χ4n) is 2.74.